The number of ether oxygens (including phenoxy) is 1. The van der Waals surface area contributed by atoms with E-state index in [4.69, 9.17) is 4.74 Å². The molecule has 1 atom stereocenters. The Balaban J connectivity index is 1.78. The third kappa shape index (κ3) is 2.38. The molecule has 2 aromatic rings. The normalized spacial score (nSPS) is 21.0. The number of carbonyl (C=O) groups is 3. The van der Waals surface area contributed by atoms with Crippen molar-refractivity contribution in [3.63, 3.8) is 0 Å². The first-order valence-electron chi connectivity index (χ1n) is 8.65. The Morgan fingerprint density at radius 3 is 2.70 bits per heavy atom. The first-order chi connectivity index (χ1) is 13.0. The Kier molecular flexibility index (Phi) is 3.87. The Morgan fingerprint density at radius 2 is 1.93 bits per heavy atom. The maximum atomic E-state index is 13.3. The lowest BCUT2D eigenvalue weighted by Gasteiger charge is -2.47. The minimum atomic E-state index is -1.38. The van der Waals surface area contributed by atoms with Crippen molar-refractivity contribution in [3.05, 3.63) is 54.1 Å². The number of carbonyl (C=O) groups excluding carboxylic acids is 3. The number of amides is 3. The fraction of sp³-hybridized carbons (Fsp3) is 0.250. The van der Waals surface area contributed by atoms with Crippen LogP contribution in [0.15, 0.2) is 48.5 Å². The zero-order chi connectivity index (χ0) is 19.2. The van der Waals surface area contributed by atoms with Gasteiger partial charge in [-0.15, -0.1) is 0 Å². The van der Waals surface area contributed by atoms with Crippen LogP contribution in [0, 0.1) is 0 Å². The van der Waals surface area contributed by atoms with Crippen LogP contribution in [0.1, 0.15) is 23.2 Å². The van der Waals surface area contributed by atoms with Gasteiger partial charge in [-0.3, -0.25) is 19.3 Å². The predicted molar refractivity (Wildman–Crippen MR) is 99.6 cm³/mol. The standard InChI is InChI=1S/C20H19N3O4/c1-22-18(25)15-8-3-4-9-16(15)23-17(24)10-11-20(22,23)19(26)21-13-6-5-7-14(12-13)27-2/h3-9,12H,10-11H2,1-2H3,(H,21,26)/t20-/m1/s1. The summed E-state index contributed by atoms with van der Waals surface area (Å²) in [5.41, 5.74) is 0.0441. The van der Waals surface area contributed by atoms with Gasteiger partial charge in [0.05, 0.1) is 18.4 Å². The molecule has 2 aliphatic rings. The van der Waals surface area contributed by atoms with Crippen LogP contribution in [0.25, 0.3) is 0 Å². The monoisotopic (exact) mass is 365 g/mol. The van der Waals surface area contributed by atoms with Gasteiger partial charge < -0.3 is 15.0 Å². The molecule has 2 heterocycles. The minimum Gasteiger partial charge on any atom is -0.497 e. The van der Waals surface area contributed by atoms with Gasteiger partial charge in [0.25, 0.3) is 11.8 Å². The van der Waals surface area contributed by atoms with E-state index < -0.39 is 11.6 Å². The molecule has 0 spiro atoms. The molecule has 0 saturated carbocycles. The molecule has 2 aliphatic heterocycles. The van der Waals surface area contributed by atoms with Crippen molar-refractivity contribution >= 4 is 29.1 Å². The summed E-state index contributed by atoms with van der Waals surface area (Å²) in [4.78, 5) is 41.8. The number of likely N-dealkylation sites (N-methyl/N-ethyl adjacent to an activating group) is 1. The predicted octanol–water partition coefficient (Wildman–Crippen LogP) is 2.24. The molecule has 27 heavy (non-hydrogen) atoms. The van der Waals surface area contributed by atoms with E-state index in [0.717, 1.165) is 0 Å². The highest BCUT2D eigenvalue weighted by Crippen LogP contribution is 2.44. The van der Waals surface area contributed by atoms with Crippen LogP contribution < -0.4 is 15.0 Å². The summed E-state index contributed by atoms with van der Waals surface area (Å²) in [6.07, 6.45) is 0.426. The number of anilines is 2. The third-order valence-corrected chi connectivity index (χ3v) is 5.23. The first kappa shape index (κ1) is 17.1. The van der Waals surface area contributed by atoms with Gasteiger partial charge in [-0.2, -0.15) is 0 Å². The van der Waals surface area contributed by atoms with Crippen molar-refractivity contribution in [2.75, 3.05) is 24.4 Å². The molecule has 0 aliphatic carbocycles. The van der Waals surface area contributed by atoms with Crippen molar-refractivity contribution in [1.29, 1.82) is 0 Å². The lowest BCUT2D eigenvalue weighted by molar-refractivity contribution is -0.128. The molecule has 0 aromatic heterocycles. The second-order valence-corrected chi connectivity index (χ2v) is 6.61. The van der Waals surface area contributed by atoms with E-state index in [1.807, 2.05) is 0 Å². The topological polar surface area (TPSA) is 79.0 Å². The van der Waals surface area contributed by atoms with Gasteiger partial charge in [-0.05, 0) is 24.3 Å². The van der Waals surface area contributed by atoms with E-state index in [1.165, 1.54) is 9.80 Å². The van der Waals surface area contributed by atoms with E-state index in [1.54, 1.807) is 62.7 Å². The Bertz CT molecular complexity index is 958. The molecule has 3 amide bonds. The third-order valence-electron chi connectivity index (χ3n) is 5.23. The molecule has 1 N–H and O–H groups in total. The van der Waals surface area contributed by atoms with Crippen LogP contribution in [-0.4, -0.2) is 42.4 Å². The van der Waals surface area contributed by atoms with E-state index in [-0.39, 0.29) is 24.7 Å². The van der Waals surface area contributed by atoms with Gasteiger partial charge in [0.2, 0.25) is 11.6 Å². The highest BCUT2D eigenvalue weighted by molar-refractivity contribution is 6.18. The fourth-order valence-corrected chi connectivity index (χ4v) is 3.86. The average molecular weight is 365 g/mol. The summed E-state index contributed by atoms with van der Waals surface area (Å²) in [6.45, 7) is 0. The van der Waals surface area contributed by atoms with Crippen molar-refractivity contribution in [3.8, 4) is 5.75 Å². The number of para-hydroxylation sites is 1. The number of methoxy groups -OCH3 is 1. The van der Waals surface area contributed by atoms with Crippen molar-refractivity contribution in [1.82, 2.24) is 4.90 Å². The Hall–Kier alpha value is -3.35. The van der Waals surface area contributed by atoms with Crippen LogP contribution in [0.5, 0.6) is 5.75 Å². The van der Waals surface area contributed by atoms with Gasteiger partial charge in [0, 0.05) is 31.6 Å². The smallest absolute Gasteiger partial charge is 0.271 e. The van der Waals surface area contributed by atoms with Crippen LogP contribution in [0.3, 0.4) is 0 Å². The number of hydrogen-bond acceptors (Lipinski definition) is 4. The fourth-order valence-electron chi connectivity index (χ4n) is 3.86. The summed E-state index contributed by atoms with van der Waals surface area (Å²) in [5.74, 6) is -0.282. The van der Waals surface area contributed by atoms with Crippen LogP contribution in [-0.2, 0) is 9.59 Å². The number of benzene rings is 2. The van der Waals surface area contributed by atoms with Gasteiger partial charge in [-0.1, -0.05) is 18.2 Å². The molecule has 1 fully saturated rings. The number of hydrogen-bond donors (Lipinski definition) is 1. The lowest BCUT2D eigenvalue weighted by Crippen LogP contribution is -2.68. The quantitative estimate of drug-likeness (QED) is 0.905. The van der Waals surface area contributed by atoms with Crippen LogP contribution in [0.4, 0.5) is 11.4 Å². The summed E-state index contributed by atoms with van der Waals surface area (Å²) in [7, 11) is 3.11. The molecule has 0 unspecified atom stereocenters. The maximum Gasteiger partial charge on any atom is 0.271 e. The second kappa shape index (κ2) is 6.12. The summed E-state index contributed by atoms with van der Waals surface area (Å²) < 4.78 is 5.19. The van der Waals surface area contributed by atoms with Gasteiger partial charge in [-0.25, -0.2) is 0 Å². The van der Waals surface area contributed by atoms with Crippen molar-refractivity contribution in [2.45, 2.75) is 18.5 Å². The first-order valence-corrected chi connectivity index (χ1v) is 8.65. The second-order valence-electron chi connectivity index (χ2n) is 6.61. The van der Waals surface area contributed by atoms with E-state index in [2.05, 4.69) is 5.32 Å². The Labute approximate surface area is 156 Å². The summed E-state index contributed by atoms with van der Waals surface area (Å²) in [5, 5.41) is 2.84. The zero-order valence-corrected chi connectivity index (χ0v) is 15.1. The molecule has 1 saturated heterocycles. The molecular weight excluding hydrogens is 346 g/mol. The van der Waals surface area contributed by atoms with Crippen molar-refractivity contribution < 1.29 is 19.1 Å². The van der Waals surface area contributed by atoms with Crippen LogP contribution in [0.2, 0.25) is 0 Å². The molecule has 7 nitrogen and oxygen atoms in total. The molecule has 138 valence electrons. The number of rotatable bonds is 3. The lowest BCUT2D eigenvalue weighted by atomic mass is 9.96. The minimum absolute atomic E-state index is 0.178. The molecule has 0 bridgehead atoms. The van der Waals surface area contributed by atoms with Gasteiger partial charge in [0.1, 0.15) is 5.75 Å². The number of nitrogens with zero attached hydrogens (tertiary/aromatic N) is 2. The largest absolute Gasteiger partial charge is 0.497 e. The zero-order valence-electron chi connectivity index (χ0n) is 15.1. The Morgan fingerprint density at radius 1 is 1.15 bits per heavy atom. The van der Waals surface area contributed by atoms with E-state index >= 15 is 0 Å². The molecule has 0 radical (unpaired) electrons. The summed E-state index contributed by atoms with van der Waals surface area (Å²) in [6, 6.07) is 13.8. The number of fused-ring (bicyclic) bond motifs is 3. The number of nitrogens with one attached hydrogen (secondary N) is 1. The van der Waals surface area contributed by atoms with Gasteiger partial charge >= 0.3 is 0 Å². The van der Waals surface area contributed by atoms with E-state index in [0.29, 0.717) is 22.7 Å². The molecular formula is C20H19N3O4. The van der Waals surface area contributed by atoms with E-state index in [9.17, 15) is 14.4 Å². The van der Waals surface area contributed by atoms with Gasteiger partial charge in [0.15, 0.2) is 0 Å². The molecule has 7 heteroatoms. The average Bonchev–Trinajstić information content (AvgIpc) is 3.05. The maximum absolute atomic E-state index is 13.3. The SMILES string of the molecule is COc1cccc(NC(=O)[C@@]23CCC(=O)N2c2ccccc2C(=O)N3C)c1. The molecule has 2 aromatic carbocycles. The summed E-state index contributed by atoms with van der Waals surface area (Å²) >= 11 is 0. The highest BCUT2D eigenvalue weighted by Gasteiger charge is 2.59. The highest BCUT2D eigenvalue weighted by atomic mass is 16.5. The van der Waals surface area contributed by atoms with Crippen molar-refractivity contribution in [2.24, 2.45) is 0 Å². The molecule has 4 rings (SSSR count). The van der Waals surface area contributed by atoms with Crippen LogP contribution >= 0.6 is 0 Å².